The second-order valence-electron chi connectivity index (χ2n) is 3.75. The van der Waals surface area contributed by atoms with Crippen LogP contribution in [0.1, 0.15) is 26.2 Å². The lowest BCUT2D eigenvalue weighted by molar-refractivity contribution is -0.148. The molecule has 3 heteroatoms. The van der Waals surface area contributed by atoms with Crippen LogP contribution in [0.25, 0.3) is 0 Å². The Morgan fingerprint density at radius 2 is 2.46 bits per heavy atom. The topological polar surface area (TPSA) is 40.5 Å². The molecule has 1 aliphatic rings. The van der Waals surface area contributed by atoms with Gasteiger partial charge in [0.2, 0.25) is 0 Å². The molecule has 1 heterocycles. The maximum atomic E-state index is 11.0. The van der Waals surface area contributed by atoms with Gasteiger partial charge in [-0.2, -0.15) is 0 Å². The minimum Gasteiger partial charge on any atom is -0.480 e. The Hall–Kier alpha value is -0.830. The normalized spacial score (nSPS) is 29.0. The monoisotopic (exact) mass is 183 g/mol. The van der Waals surface area contributed by atoms with Gasteiger partial charge < -0.3 is 5.11 Å². The third-order valence-corrected chi connectivity index (χ3v) is 2.85. The largest absolute Gasteiger partial charge is 0.480 e. The zero-order valence-electron chi connectivity index (χ0n) is 8.12. The number of hydrogen-bond donors (Lipinski definition) is 1. The van der Waals surface area contributed by atoms with Crippen LogP contribution in [0.15, 0.2) is 12.7 Å². The molecule has 1 unspecified atom stereocenters. The SMILES string of the molecule is C=CCCN1CCCC1(C)C(=O)O. The quantitative estimate of drug-likeness (QED) is 0.671. The van der Waals surface area contributed by atoms with Crippen molar-refractivity contribution in [3.63, 3.8) is 0 Å². The van der Waals surface area contributed by atoms with E-state index in [0.29, 0.717) is 0 Å². The molecular weight excluding hydrogens is 166 g/mol. The first-order valence-corrected chi connectivity index (χ1v) is 4.70. The molecule has 0 amide bonds. The molecule has 0 spiro atoms. The molecule has 74 valence electrons. The first kappa shape index (κ1) is 10.3. The molecule has 0 bridgehead atoms. The highest BCUT2D eigenvalue weighted by Crippen LogP contribution is 2.29. The molecule has 1 fully saturated rings. The zero-order chi connectivity index (χ0) is 9.90. The van der Waals surface area contributed by atoms with Gasteiger partial charge in [0.25, 0.3) is 0 Å². The van der Waals surface area contributed by atoms with Crippen molar-refractivity contribution in [2.75, 3.05) is 13.1 Å². The van der Waals surface area contributed by atoms with E-state index in [1.54, 1.807) is 0 Å². The first-order valence-electron chi connectivity index (χ1n) is 4.70. The summed E-state index contributed by atoms with van der Waals surface area (Å²) in [4.78, 5) is 13.1. The van der Waals surface area contributed by atoms with E-state index < -0.39 is 11.5 Å². The van der Waals surface area contributed by atoms with E-state index in [2.05, 4.69) is 6.58 Å². The van der Waals surface area contributed by atoms with Crippen LogP contribution in [0.2, 0.25) is 0 Å². The highest BCUT2D eigenvalue weighted by molar-refractivity contribution is 5.78. The van der Waals surface area contributed by atoms with Crippen molar-refractivity contribution in [2.24, 2.45) is 0 Å². The van der Waals surface area contributed by atoms with Crippen molar-refractivity contribution in [1.82, 2.24) is 4.90 Å². The summed E-state index contributed by atoms with van der Waals surface area (Å²) >= 11 is 0. The highest BCUT2D eigenvalue weighted by atomic mass is 16.4. The van der Waals surface area contributed by atoms with Gasteiger partial charge in [0.1, 0.15) is 5.54 Å². The smallest absolute Gasteiger partial charge is 0.323 e. The molecule has 3 nitrogen and oxygen atoms in total. The van der Waals surface area contributed by atoms with Gasteiger partial charge in [-0.1, -0.05) is 6.08 Å². The molecule has 13 heavy (non-hydrogen) atoms. The summed E-state index contributed by atoms with van der Waals surface area (Å²) in [6.45, 7) is 7.16. The second-order valence-corrected chi connectivity index (χ2v) is 3.75. The Balaban J connectivity index is 2.62. The number of nitrogens with zero attached hydrogens (tertiary/aromatic N) is 1. The van der Waals surface area contributed by atoms with Crippen LogP contribution in [0.5, 0.6) is 0 Å². The number of carboxylic acid groups (broad SMARTS) is 1. The van der Waals surface area contributed by atoms with E-state index in [9.17, 15) is 4.79 Å². The van der Waals surface area contributed by atoms with Crippen molar-refractivity contribution in [3.8, 4) is 0 Å². The minimum absolute atomic E-state index is 0.636. The van der Waals surface area contributed by atoms with Crippen molar-refractivity contribution < 1.29 is 9.90 Å². The van der Waals surface area contributed by atoms with Gasteiger partial charge in [0, 0.05) is 6.54 Å². The molecule has 0 radical (unpaired) electrons. The lowest BCUT2D eigenvalue weighted by atomic mass is 9.99. The van der Waals surface area contributed by atoms with Crippen molar-refractivity contribution >= 4 is 5.97 Å². The Kier molecular flexibility index (Phi) is 3.09. The van der Waals surface area contributed by atoms with Crippen LogP contribution in [0.3, 0.4) is 0 Å². The summed E-state index contributed by atoms with van der Waals surface area (Å²) in [7, 11) is 0. The van der Waals surface area contributed by atoms with E-state index in [4.69, 9.17) is 5.11 Å². The molecule has 1 aliphatic heterocycles. The average molecular weight is 183 g/mol. The van der Waals surface area contributed by atoms with Crippen LogP contribution in [0.4, 0.5) is 0 Å². The summed E-state index contributed by atoms with van der Waals surface area (Å²) in [5, 5.41) is 9.07. The third kappa shape index (κ3) is 1.91. The van der Waals surface area contributed by atoms with E-state index in [0.717, 1.165) is 32.4 Å². The van der Waals surface area contributed by atoms with Gasteiger partial charge in [-0.05, 0) is 32.7 Å². The maximum Gasteiger partial charge on any atom is 0.323 e. The van der Waals surface area contributed by atoms with Crippen LogP contribution in [0, 0.1) is 0 Å². The molecule has 1 saturated heterocycles. The van der Waals surface area contributed by atoms with Crippen LogP contribution in [-0.4, -0.2) is 34.6 Å². The van der Waals surface area contributed by atoms with Crippen molar-refractivity contribution in [2.45, 2.75) is 31.7 Å². The lowest BCUT2D eigenvalue weighted by Gasteiger charge is -2.30. The molecule has 0 aromatic rings. The lowest BCUT2D eigenvalue weighted by Crippen LogP contribution is -2.48. The van der Waals surface area contributed by atoms with Crippen molar-refractivity contribution in [1.29, 1.82) is 0 Å². The predicted molar refractivity (Wildman–Crippen MR) is 51.7 cm³/mol. The number of aliphatic carboxylic acids is 1. The fourth-order valence-electron chi connectivity index (χ4n) is 1.87. The van der Waals surface area contributed by atoms with Gasteiger partial charge in [0.05, 0.1) is 0 Å². The molecule has 1 N–H and O–H groups in total. The van der Waals surface area contributed by atoms with Crippen LogP contribution in [-0.2, 0) is 4.79 Å². The predicted octanol–water partition coefficient (Wildman–Crippen LogP) is 1.50. The van der Waals surface area contributed by atoms with E-state index in [1.165, 1.54) is 0 Å². The average Bonchev–Trinajstić information content (AvgIpc) is 2.45. The molecular formula is C10H17NO2. The van der Waals surface area contributed by atoms with E-state index >= 15 is 0 Å². The minimum atomic E-state index is -0.700. The molecule has 1 atom stereocenters. The Morgan fingerprint density at radius 1 is 1.77 bits per heavy atom. The van der Waals surface area contributed by atoms with Gasteiger partial charge in [-0.3, -0.25) is 9.69 Å². The van der Waals surface area contributed by atoms with E-state index in [1.807, 2.05) is 17.9 Å². The number of carboxylic acids is 1. The summed E-state index contributed by atoms with van der Waals surface area (Å²) in [6.07, 6.45) is 4.45. The Morgan fingerprint density at radius 3 is 3.00 bits per heavy atom. The molecule has 0 aromatic heterocycles. The number of hydrogen-bond acceptors (Lipinski definition) is 2. The second kappa shape index (κ2) is 3.92. The molecule has 0 saturated carbocycles. The first-order chi connectivity index (χ1) is 6.11. The maximum absolute atomic E-state index is 11.0. The summed E-state index contributed by atoms with van der Waals surface area (Å²) in [5.41, 5.74) is -0.636. The zero-order valence-corrected chi connectivity index (χ0v) is 8.12. The van der Waals surface area contributed by atoms with Gasteiger partial charge >= 0.3 is 5.97 Å². The van der Waals surface area contributed by atoms with Crippen LogP contribution >= 0.6 is 0 Å². The van der Waals surface area contributed by atoms with E-state index in [-0.39, 0.29) is 0 Å². The number of rotatable bonds is 4. The molecule has 0 aliphatic carbocycles. The number of likely N-dealkylation sites (tertiary alicyclic amines) is 1. The third-order valence-electron chi connectivity index (χ3n) is 2.85. The Labute approximate surface area is 79.0 Å². The summed E-state index contributed by atoms with van der Waals surface area (Å²) in [5.74, 6) is -0.700. The Bertz CT molecular complexity index is 215. The van der Waals surface area contributed by atoms with Gasteiger partial charge in [0.15, 0.2) is 0 Å². The van der Waals surface area contributed by atoms with Crippen molar-refractivity contribution in [3.05, 3.63) is 12.7 Å². The van der Waals surface area contributed by atoms with Gasteiger partial charge in [-0.25, -0.2) is 0 Å². The molecule has 0 aromatic carbocycles. The summed E-state index contributed by atoms with van der Waals surface area (Å²) < 4.78 is 0. The number of carbonyl (C=O) groups is 1. The fraction of sp³-hybridized carbons (Fsp3) is 0.700. The summed E-state index contributed by atoms with van der Waals surface area (Å²) in [6, 6.07) is 0. The highest BCUT2D eigenvalue weighted by Gasteiger charge is 2.42. The molecule has 1 rings (SSSR count). The fourth-order valence-corrected chi connectivity index (χ4v) is 1.87. The van der Waals surface area contributed by atoms with Gasteiger partial charge in [-0.15, -0.1) is 6.58 Å². The van der Waals surface area contributed by atoms with Crippen LogP contribution < -0.4 is 0 Å². The standard InChI is InChI=1S/C10H17NO2/c1-3-4-7-11-8-5-6-10(11,2)9(12)13/h3H,1,4-8H2,2H3,(H,12,13).